The molecule has 2 rings (SSSR count). The number of hydrogen-bond donors (Lipinski definition) is 1. The molecular weight excluding hydrogens is 411 g/mol. The third kappa shape index (κ3) is 5.28. The Morgan fingerprint density at radius 1 is 1.22 bits per heavy atom. The molecule has 2 aromatic carbocycles. The predicted octanol–water partition coefficient (Wildman–Crippen LogP) is 4.19. The minimum atomic E-state index is -3.81. The van der Waals surface area contributed by atoms with Crippen LogP contribution in [0.4, 0.5) is 11.4 Å². The molecule has 27 heavy (non-hydrogen) atoms. The van der Waals surface area contributed by atoms with Crippen LogP contribution >= 0.6 is 23.2 Å². The fraction of sp³-hybridized carbons (Fsp3) is 0.278. The van der Waals surface area contributed by atoms with Crippen LogP contribution in [0.2, 0.25) is 10.0 Å². The second-order valence-corrected chi connectivity index (χ2v) is 8.50. The van der Waals surface area contributed by atoms with Crippen LogP contribution in [-0.4, -0.2) is 33.7 Å². The Bertz CT molecular complexity index is 935. The summed E-state index contributed by atoms with van der Waals surface area (Å²) in [4.78, 5) is 12.9. The molecule has 0 saturated carbocycles. The van der Waals surface area contributed by atoms with Crippen molar-refractivity contribution in [2.75, 3.05) is 23.0 Å². The molecule has 0 fully saturated rings. The maximum absolute atomic E-state index is 12.9. The summed E-state index contributed by atoms with van der Waals surface area (Å²) in [7, 11) is -2.30. The number of carbonyl (C=O) groups is 1. The van der Waals surface area contributed by atoms with Crippen LogP contribution in [0.3, 0.4) is 0 Å². The SMILES string of the molecule is CC[C@H](C(=O)Nc1cccc(OC)c1)N(c1cc(Cl)ccc1Cl)S(C)(=O)=O. The first-order valence-corrected chi connectivity index (χ1v) is 10.7. The molecule has 1 amide bonds. The predicted molar refractivity (Wildman–Crippen MR) is 109 cm³/mol. The third-order valence-corrected chi connectivity index (χ3v) is 5.53. The summed E-state index contributed by atoms with van der Waals surface area (Å²) in [5.41, 5.74) is 0.641. The van der Waals surface area contributed by atoms with E-state index >= 15 is 0 Å². The van der Waals surface area contributed by atoms with Gasteiger partial charge < -0.3 is 10.1 Å². The fourth-order valence-corrected chi connectivity index (χ4v) is 4.26. The molecule has 0 aliphatic carbocycles. The van der Waals surface area contributed by atoms with Gasteiger partial charge in [-0.1, -0.05) is 36.2 Å². The van der Waals surface area contributed by atoms with Gasteiger partial charge in [-0.05, 0) is 36.8 Å². The van der Waals surface area contributed by atoms with Crippen LogP contribution in [0.15, 0.2) is 42.5 Å². The highest BCUT2D eigenvalue weighted by Gasteiger charge is 2.33. The Kier molecular flexibility index (Phi) is 6.97. The third-order valence-electron chi connectivity index (χ3n) is 3.81. The number of methoxy groups -OCH3 is 1. The molecule has 0 aliphatic heterocycles. The number of nitrogens with one attached hydrogen (secondary N) is 1. The lowest BCUT2D eigenvalue weighted by atomic mass is 10.1. The van der Waals surface area contributed by atoms with E-state index in [4.69, 9.17) is 27.9 Å². The van der Waals surface area contributed by atoms with Crippen molar-refractivity contribution in [1.82, 2.24) is 0 Å². The molecule has 0 bridgehead atoms. The summed E-state index contributed by atoms with van der Waals surface area (Å²) in [6.07, 6.45) is 1.25. The number of halogens is 2. The molecule has 0 aromatic heterocycles. The minimum absolute atomic E-state index is 0.152. The van der Waals surface area contributed by atoms with E-state index in [1.165, 1.54) is 19.2 Å². The van der Waals surface area contributed by atoms with Gasteiger partial charge in [-0.15, -0.1) is 0 Å². The first-order chi connectivity index (χ1) is 12.7. The summed E-state index contributed by atoms with van der Waals surface area (Å²) >= 11 is 12.2. The lowest BCUT2D eigenvalue weighted by Gasteiger charge is -2.30. The Morgan fingerprint density at radius 2 is 1.93 bits per heavy atom. The number of anilines is 2. The summed E-state index contributed by atoms with van der Waals surface area (Å²) in [5, 5.41) is 3.21. The number of hydrogen-bond acceptors (Lipinski definition) is 4. The van der Waals surface area contributed by atoms with Crippen molar-refractivity contribution in [3.8, 4) is 5.75 Å². The molecule has 9 heteroatoms. The maximum Gasteiger partial charge on any atom is 0.248 e. The second kappa shape index (κ2) is 8.82. The zero-order chi connectivity index (χ0) is 20.2. The molecule has 6 nitrogen and oxygen atoms in total. The summed E-state index contributed by atoms with van der Waals surface area (Å²) in [5.74, 6) is 0.0749. The van der Waals surface area contributed by atoms with Crippen molar-refractivity contribution in [2.45, 2.75) is 19.4 Å². The summed E-state index contributed by atoms with van der Waals surface area (Å²) in [6.45, 7) is 1.71. The highest BCUT2D eigenvalue weighted by molar-refractivity contribution is 7.92. The Hall–Kier alpha value is -1.96. The van der Waals surface area contributed by atoms with Gasteiger partial charge in [0.15, 0.2) is 0 Å². The number of ether oxygens (including phenoxy) is 1. The first-order valence-electron chi connectivity index (χ1n) is 8.06. The molecule has 146 valence electrons. The number of sulfonamides is 1. The number of benzene rings is 2. The lowest BCUT2D eigenvalue weighted by molar-refractivity contribution is -0.117. The van der Waals surface area contributed by atoms with E-state index in [1.807, 2.05) is 0 Å². The van der Waals surface area contributed by atoms with Crippen LogP contribution in [0.25, 0.3) is 0 Å². The number of amides is 1. The highest BCUT2D eigenvalue weighted by atomic mass is 35.5. The zero-order valence-electron chi connectivity index (χ0n) is 15.1. The molecule has 0 aliphatic rings. The topological polar surface area (TPSA) is 75.7 Å². The Labute approximate surface area is 169 Å². The first kappa shape index (κ1) is 21.3. The van der Waals surface area contributed by atoms with Crippen LogP contribution in [0.1, 0.15) is 13.3 Å². The van der Waals surface area contributed by atoms with Crippen molar-refractivity contribution in [3.63, 3.8) is 0 Å². The Morgan fingerprint density at radius 3 is 2.52 bits per heavy atom. The van der Waals surface area contributed by atoms with Gasteiger partial charge in [-0.2, -0.15) is 0 Å². The van der Waals surface area contributed by atoms with Gasteiger partial charge in [0, 0.05) is 16.8 Å². The van der Waals surface area contributed by atoms with E-state index in [0.29, 0.717) is 16.5 Å². The molecule has 2 aromatic rings. The minimum Gasteiger partial charge on any atom is -0.497 e. The van der Waals surface area contributed by atoms with Crippen molar-refractivity contribution in [1.29, 1.82) is 0 Å². The van der Waals surface area contributed by atoms with Gasteiger partial charge in [-0.3, -0.25) is 9.10 Å². The lowest BCUT2D eigenvalue weighted by Crippen LogP contribution is -2.47. The quantitative estimate of drug-likeness (QED) is 0.714. The van der Waals surface area contributed by atoms with Gasteiger partial charge in [0.2, 0.25) is 15.9 Å². The standard InChI is InChI=1S/C18H20Cl2N2O4S/c1-4-16(18(23)21-13-6-5-7-14(11-13)26-2)22(27(3,24)25)17-10-12(19)8-9-15(17)20/h5-11,16H,4H2,1-3H3,(H,21,23)/t16-/m1/s1. The van der Waals surface area contributed by atoms with E-state index in [9.17, 15) is 13.2 Å². The largest absolute Gasteiger partial charge is 0.497 e. The second-order valence-electron chi connectivity index (χ2n) is 5.80. The molecule has 0 saturated heterocycles. The van der Waals surface area contributed by atoms with Crippen LogP contribution in [0, 0.1) is 0 Å². The summed E-state index contributed by atoms with van der Waals surface area (Å²) < 4.78 is 31.1. The number of rotatable bonds is 7. The van der Waals surface area contributed by atoms with E-state index < -0.39 is 22.0 Å². The molecule has 0 spiro atoms. The highest BCUT2D eigenvalue weighted by Crippen LogP contribution is 2.33. The zero-order valence-corrected chi connectivity index (χ0v) is 17.4. The molecule has 0 radical (unpaired) electrons. The van der Waals surface area contributed by atoms with Crippen molar-refractivity contribution in [2.24, 2.45) is 0 Å². The molecule has 0 heterocycles. The van der Waals surface area contributed by atoms with Gasteiger partial charge in [0.25, 0.3) is 0 Å². The van der Waals surface area contributed by atoms with Crippen LogP contribution < -0.4 is 14.4 Å². The van der Waals surface area contributed by atoms with Crippen molar-refractivity contribution in [3.05, 3.63) is 52.5 Å². The van der Waals surface area contributed by atoms with Crippen molar-refractivity contribution >= 4 is 50.5 Å². The van der Waals surface area contributed by atoms with Crippen molar-refractivity contribution < 1.29 is 17.9 Å². The van der Waals surface area contributed by atoms with Gasteiger partial charge in [0.05, 0.1) is 24.1 Å². The summed E-state index contributed by atoms with van der Waals surface area (Å²) in [6, 6.07) is 10.2. The maximum atomic E-state index is 12.9. The normalized spacial score (nSPS) is 12.3. The van der Waals surface area contributed by atoms with Gasteiger partial charge >= 0.3 is 0 Å². The fourth-order valence-electron chi connectivity index (χ4n) is 2.62. The van der Waals surface area contributed by atoms with Crippen LogP contribution in [-0.2, 0) is 14.8 Å². The molecule has 0 unspecified atom stereocenters. The molecule has 1 atom stereocenters. The molecule has 1 N–H and O–H groups in total. The molecular formula is C18H20Cl2N2O4S. The number of carbonyl (C=O) groups excluding carboxylic acids is 1. The smallest absolute Gasteiger partial charge is 0.248 e. The Balaban J connectivity index is 2.43. The van der Waals surface area contributed by atoms with Crippen LogP contribution in [0.5, 0.6) is 5.75 Å². The van der Waals surface area contributed by atoms with E-state index in [0.717, 1.165) is 10.6 Å². The average Bonchev–Trinajstić information content (AvgIpc) is 2.61. The van der Waals surface area contributed by atoms with E-state index in [2.05, 4.69) is 5.32 Å². The average molecular weight is 431 g/mol. The number of nitrogens with zero attached hydrogens (tertiary/aromatic N) is 1. The monoisotopic (exact) mass is 430 g/mol. The van der Waals surface area contributed by atoms with E-state index in [-0.39, 0.29) is 17.1 Å². The van der Waals surface area contributed by atoms with Gasteiger partial charge in [0.1, 0.15) is 11.8 Å². The van der Waals surface area contributed by atoms with Gasteiger partial charge in [-0.25, -0.2) is 8.42 Å². The van der Waals surface area contributed by atoms with E-state index in [1.54, 1.807) is 37.3 Å².